The van der Waals surface area contributed by atoms with Crippen molar-refractivity contribution >= 4 is 0 Å². The minimum absolute atomic E-state index is 0.336. The molecule has 1 heterocycles. The van der Waals surface area contributed by atoms with Crippen LogP contribution in [0.5, 0.6) is 0 Å². The highest BCUT2D eigenvalue weighted by molar-refractivity contribution is 5.30. The number of aryl methyl sites for hydroxylation is 3. The number of rotatable bonds is 7. The Balaban J connectivity index is 2.25. The topological polar surface area (TPSA) is 29.9 Å². The van der Waals surface area contributed by atoms with Crippen LogP contribution in [0.25, 0.3) is 0 Å². The molecule has 2 aromatic rings. The van der Waals surface area contributed by atoms with Crippen LogP contribution in [0.1, 0.15) is 48.8 Å². The zero-order valence-electron chi connectivity index (χ0n) is 13.7. The van der Waals surface area contributed by atoms with E-state index in [1.54, 1.807) is 0 Å². The predicted octanol–water partition coefficient (Wildman–Crippen LogP) is 3.80. The van der Waals surface area contributed by atoms with Crippen molar-refractivity contribution in [2.45, 2.75) is 53.1 Å². The minimum atomic E-state index is 0.336. The summed E-state index contributed by atoms with van der Waals surface area (Å²) in [7, 11) is 0. The predicted molar refractivity (Wildman–Crippen MR) is 88.6 cm³/mol. The van der Waals surface area contributed by atoms with Crippen LogP contribution in [0.4, 0.5) is 0 Å². The minimum Gasteiger partial charge on any atom is -0.333 e. The first-order chi connectivity index (χ1) is 10.1. The monoisotopic (exact) mass is 285 g/mol. The van der Waals surface area contributed by atoms with Crippen LogP contribution in [0.2, 0.25) is 0 Å². The molecular weight excluding hydrogens is 258 g/mol. The quantitative estimate of drug-likeness (QED) is 0.838. The molecule has 1 aromatic carbocycles. The molecular formula is C18H27N3. The van der Waals surface area contributed by atoms with Gasteiger partial charge in [-0.25, -0.2) is 4.98 Å². The largest absolute Gasteiger partial charge is 0.333 e. The van der Waals surface area contributed by atoms with E-state index >= 15 is 0 Å². The zero-order valence-corrected chi connectivity index (χ0v) is 13.7. The Morgan fingerprint density at radius 2 is 1.86 bits per heavy atom. The van der Waals surface area contributed by atoms with Crippen molar-refractivity contribution in [1.29, 1.82) is 0 Å². The number of hydrogen-bond donors (Lipinski definition) is 1. The highest BCUT2D eigenvalue weighted by Gasteiger charge is 2.13. The maximum Gasteiger partial charge on any atom is 0.108 e. The van der Waals surface area contributed by atoms with Crippen LogP contribution >= 0.6 is 0 Å². The van der Waals surface area contributed by atoms with Crippen LogP contribution in [-0.2, 0) is 13.0 Å². The lowest BCUT2D eigenvalue weighted by molar-refractivity contribution is 0.455. The van der Waals surface area contributed by atoms with E-state index in [0.717, 1.165) is 31.8 Å². The number of imidazole rings is 1. The van der Waals surface area contributed by atoms with Crippen molar-refractivity contribution in [3.63, 3.8) is 0 Å². The van der Waals surface area contributed by atoms with Gasteiger partial charge in [0.1, 0.15) is 5.82 Å². The summed E-state index contributed by atoms with van der Waals surface area (Å²) in [6.07, 6.45) is 6.10. The van der Waals surface area contributed by atoms with E-state index in [4.69, 9.17) is 0 Å². The number of benzene rings is 1. The molecule has 0 aliphatic carbocycles. The van der Waals surface area contributed by atoms with Crippen LogP contribution in [-0.4, -0.2) is 16.1 Å². The first-order valence-corrected chi connectivity index (χ1v) is 7.95. The van der Waals surface area contributed by atoms with E-state index in [0.29, 0.717) is 6.04 Å². The second-order valence-electron chi connectivity index (χ2n) is 5.78. The van der Waals surface area contributed by atoms with Crippen molar-refractivity contribution < 1.29 is 0 Å². The van der Waals surface area contributed by atoms with E-state index in [9.17, 15) is 0 Å². The molecule has 0 saturated carbocycles. The normalized spacial score (nSPS) is 12.6. The number of hydrogen-bond acceptors (Lipinski definition) is 2. The molecule has 0 fully saturated rings. The van der Waals surface area contributed by atoms with E-state index in [1.165, 1.54) is 16.7 Å². The third-order valence-electron chi connectivity index (χ3n) is 3.78. The molecule has 0 aliphatic rings. The molecule has 0 bridgehead atoms. The Morgan fingerprint density at radius 3 is 2.48 bits per heavy atom. The van der Waals surface area contributed by atoms with Gasteiger partial charge in [-0.15, -0.1) is 0 Å². The average Bonchev–Trinajstić information content (AvgIpc) is 2.89. The molecule has 0 saturated heterocycles. The van der Waals surface area contributed by atoms with Gasteiger partial charge < -0.3 is 9.88 Å². The van der Waals surface area contributed by atoms with Gasteiger partial charge in [0, 0.05) is 25.4 Å². The molecule has 114 valence electrons. The Bertz CT molecular complexity index is 551. The summed E-state index contributed by atoms with van der Waals surface area (Å²) in [6.45, 7) is 10.7. The number of nitrogens with one attached hydrogen (secondary N) is 1. The Labute approximate surface area is 128 Å². The lowest BCUT2D eigenvalue weighted by atomic mass is 10.0. The molecule has 0 spiro atoms. The smallest absolute Gasteiger partial charge is 0.108 e. The van der Waals surface area contributed by atoms with E-state index < -0.39 is 0 Å². The Kier molecular flexibility index (Phi) is 5.57. The third-order valence-corrected chi connectivity index (χ3v) is 3.78. The summed E-state index contributed by atoms with van der Waals surface area (Å²) in [4.78, 5) is 4.43. The van der Waals surface area contributed by atoms with Gasteiger partial charge in [0.25, 0.3) is 0 Å². The van der Waals surface area contributed by atoms with Crippen LogP contribution in [0.15, 0.2) is 30.6 Å². The lowest BCUT2D eigenvalue weighted by Gasteiger charge is -2.21. The van der Waals surface area contributed by atoms with Crippen molar-refractivity contribution in [3.8, 4) is 0 Å². The van der Waals surface area contributed by atoms with Gasteiger partial charge in [-0.05, 0) is 32.4 Å². The second-order valence-corrected chi connectivity index (χ2v) is 5.78. The van der Waals surface area contributed by atoms with Gasteiger partial charge >= 0.3 is 0 Å². The molecule has 0 radical (unpaired) electrons. The Hall–Kier alpha value is -1.61. The fourth-order valence-corrected chi connectivity index (χ4v) is 2.83. The number of aromatic nitrogens is 2. The molecule has 2 rings (SSSR count). The van der Waals surface area contributed by atoms with E-state index in [2.05, 4.69) is 67.0 Å². The van der Waals surface area contributed by atoms with Gasteiger partial charge in [-0.3, -0.25) is 0 Å². The fourth-order valence-electron chi connectivity index (χ4n) is 2.83. The molecule has 1 aromatic heterocycles. The average molecular weight is 285 g/mol. The van der Waals surface area contributed by atoms with Crippen molar-refractivity contribution in [2.24, 2.45) is 0 Å². The summed E-state index contributed by atoms with van der Waals surface area (Å²) in [5.41, 5.74) is 4.03. The van der Waals surface area contributed by atoms with Gasteiger partial charge in [0.05, 0.1) is 6.04 Å². The van der Waals surface area contributed by atoms with Gasteiger partial charge in [0.15, 0.2) is 0 Å². The molecule has 0 amide bonds. The standard InChI is InChI=1S/C18H27N3/c1-5-7-19-17(13-21-9-8-20-18(21)6-2)16-11-14(3)10-15(4)12-16/h8-12,17,19H,5-7,13H2,1-4H3. The van der Waals surface area contributed by atoms with Crippen molar-refractivity contribution in [3.05, 3.63) is 53.1 Å². The molecule has 21 heavy (non-hydrogen) atoms. The number of nitrogens with zero attached hydrogens (tertiary/aromatic N) is 2. The first-order valence-electron chi connectivity index (χ1n) is 7.95. The summed E-state index contributed by atoms with van der Waals surface area (Å²) in [5.74, 6) is 1.16. The third kappa shape index (κ3) is 4.18. The molecule has 1 atom stereocenters. The highest BCUT2D eigenvalue weighted by Crippen LogP contribution is 2.20. The zero-order chi connectivity index (χ0) is 15.2. The highest BCUT2D eigenvalue weighted by atomic mass is 15.1. The summed E-state index contributed by atoms with van der Waals surface area (Å²) in [6, 6.07) is 7.16. The summed E-state index contributed by atoms with van der Waals surface area (Å²) >= 11 is 0. The fraction of sp³-hybridized carbons (Fsp3) is 0.500. The molecule has 3 heteroatoms. The second kappa shape index (κ2) is 7.41. The molecule has 1 N–H and O–H groups in total. The van der Waals surface area contributed by atoms with Crippen molar-refractivity contribution in [2.75, 3.05) is 6.54 Å². The maximum atomic E-state index is 4.43. The summed E-state index contributed by atoms with van der Waals surface area (Å²) in [5, 5.41) is 3.68. The molecule has 1 unspecified atom stereocenters. The SMILES string of the molecule is CCCNC(Cn1ccnc1CC)c1cc(C)cc(C)c1. The molecule has 0 aliphatic heterocycles. The van der Waals surface area contributed by atoms with E-state index in [1.807, 2.05) is 6.20 Å². The van der Waals surface area contributed by atoms with Gasteiger partial charge in [-0.2, -0.15) is 0 Å². The van der Waals surface area contributed by atoms with Crippen LogP contribution in [0, 0.1) is 13.8 Å². The van der Waals surface area contributed by atoms with E-state index in [-0.39, 0.29) is 0 Å². The van der Waals surface area contributed by atoms with Crippen LogP contribution in [0.3, 0.4) is 0 Å². The maximum absolute atomic E-state index is 4.43. The van der Waals surface area contributed by atoms with Gasteiger partial charge in [-0.1, -0.05) is 43.2 Å². The van der Waals surface area contributed by atoms with Crippen LogP contribution < -0.4 is 5.32 Å². The molecule has 3 nitrogen and oxygen atoms in total. The first kappa shape index (κ1) is 15.8. The summed E-state index contributed by atoms with van der Waals surface area (Å²) < 4.78 is 2.27. The van der Waals surface area contributed by atoms with Gasteiger partial charge in [0.2, 0.25) is 0 Å². The Morgan fingerprint density at radius 1 is 1.14 bits per heavy atom. The lowest BCUT2D eigenvalue weighted by Crippen LogP contribution is -2.27. The van der Waals surface area contributed by atoms with Crippen molar-refractivity contribution in [1.82, 2.24) is 14.9 Å².